The highest BCUT2D eigenvalue weighted by molar-refractivity contribution is 5.70. The van der Waals surface area contributed by atoms with Gasteiger partial charge in [0.2, 0.25) is 0 Å². The van der Waals surface area contributed by atoms with Crippen LogP contribution in [0.25, 0.3) is 5.57 Å². The van der Waals surface area contributed by atoms with Crippen molar-refractivity contribution in [2.24, 2.45) is 0 Å². The molecule has 1 aromatic carbocycles. The number of nitrogens with zero attached hydrogens (tertiary/aromatic N) is 1. The maximum Gasteiger partial charge on any atom is 0.0946 e. The number of benzene rings is 1. The summed E-state index contributed by atoms with van der Waals surface area (Å²) < 4.78 is 0. The molecule has 0 aromatic heterocycles. The zero-order valence-corrected chi connectivity index (χ0v) is 11.5. The Kier molecular flexibility index (Phi) is 5.94. The van der Waals surface area contributed by atoms with Gasteiger partial charge in [-0.05, 0) is 42.9 Å². The van der Waals surface area contributed by atoms with Crippen LogP contribution in [0.2, 0.25) is 0 Å². The molecule has 0 heterocycles. The highest BCUT2D eigenvalue weighted by Crippen LogP contribution is 2.30. The lowest BCUT2D eigenvalue weighted by atomic mass is 9.89. The van der Waals surface area contributed by atoms with Crippen molar-refractivity contribution in [1.29, 1.82) is 5.26 Å². The van der Waals surface area contributed by atoms with E-state index in [9.17, 15) is 0 Å². The van der Waals surface area contributed by atoms with Crippen LogP contribution < -0.4 is 0 Å². The fourth-order valence-electron chi connectivity index (χ4n) is 2.07. The molecular weight excluding hydrogens is 218 g/mol. The summed E-state index contributed by atoms with van der Waals surface area (Å²) >= 11 is 0. The average Bonchev–Trinajstić information content (AvgIpc) is 2.49. The van der Waals surface area contributed by atoms with Crippen molar-refractivity contribution in [3.8, 4) is 6.07 Å². The number of allylic oxidation sites excluding steroid dienone is 4. The van der Waals surface area contributed by atoms with Gasteiger partial charge in [-0.3, -0.25) is 0 Å². The van der Waals surface area contributed by atoms with Crippen LogP contribution in [0, 0.1) is 11.3 Å². The Balaban J connectivity index is 0.000000771. The minimum atomic E-state index is 0.855. The number of hydrogen-bond acceptors (Lipinski definition) is 1. The summed E-state index contributed by atoms with van der Waals surface area (Å²) in [7, 11) is 0. The van der Waals surface area contributed by atoms with Crippen molar-refractivity contribution < 1.29 is 0 Å². The molecule has 1 nitrogen and oxygen atoms in total. The fourth-order valence-corrected chi connectivity index (χ4v) is 2.07. The van der Waals surface area contributed by atoms with E-state index in [0.29, 0.717) is 0 Å². The third-order valence-electron chi connectivity index (χ3n) is 3.03. The van der Waals surface area contributed by atoms with E-state index in [4.69, 9.17) is 5.26 Å². The second-order valence-electron chi connectivity index (χ2n) is 4.15. The number of rotatable bonds is 1. The molecule has 0 saturated carbocycles. The first-order valence-electron chi connectivity index (χ1n) is 6.67. The van der Waals surface area contributed by atoms with Crippen molar-refractivity contribution in [1.82, 2.24) is 0 Å². The van der Waals surface area contributed by atoms with Gasteiger partial charge in [-0.2, -0.15) is 5.26 Å². The van der Waals surface area contributed by atoms with Gasteiger partial charge in [0.15, 0.2) is 0 Å². The molecule has 18 heavy (non-hydrogen) atoms. The number of hydrogen-bond donors (Lipinski definition) is 0. The Labute approximate surface area is 110 Å². The molecule has 0 N–H and O–H groups in total. The Morgan fingerprint density at radius 1 is 1.11 bits per heavy atom. The Morgan fingerprint density at radius 2 is 1.78 bits per heavy atom. The summed E-state index contributed by atoms with van der Waals surface area (Å²) in [5, 5.41) is 8.91. The van der Waals surface area contributed by atoms with E-state index in [2.05, 4.69) is 36.4 Å². The van der Waals surface area contributed by atoms with Gasteiger partial charge in [-0.1, -0.05) is 50.3 Å². The van der Waals surface area contributed by atoms with Crippen LogP contribution in [-0.2, 0) is 0 Å². The van der Waals surface area contributed by atoms with Gasteiger partial charge in [0, 0.05) is 5.57 Å². The summed E-state index contributed by atoms with van der Waals surface area (Å²) in [6.45, 7) is 5.90. The Bertz CT molecular complexity index is 472. The maximum absolute atomic E-state index is 8.91. The molecule has 1 aromatic rings. The van der Waals surface area contributed by atoms with Gasteiger partial charge >= 0.3 is 0 Å². The van der Waals surface area contributed by atoms with E-state index in [1.807, 2.05) is 26.8 Å². The fraction of sp³-hybridized carbons (Fsp3) is 0.353. The summed E-state index contributed by atoms with van der Waals surface area (Å²) in [6.07, 6.45) is 5.49. The van der Waals surface area contributed by atoms with Crippen LogP contribution in [0.3, 0.4) is 0 Å². The van der Waals surface area contributed by atoms with Crippen LogP contribution in [0.1, 0.15) is 45.6 Å². The molecular formula is C17H21N. The molecule has 0 amide bonds. The molecule has 0 aliphatic heterocycles. The molecule has 0 bridgehead atoms. The minimum Gasteiger partial charge on any atom is -0.193 e. The maximum atomic E-state index is 8.91. The lowest BCUT2D eigenvalue weighted by Crippen LogP contribution is -1.96. The first-order chi connectivity index (χ1) is 8.81. The quantitative estimate of drug-likeness (QED) is 0.624. The molecule has 0 saturated heterocycles. The number of nitriles is 1. The molecule has 0 atom stereocenters. The standard InChI is InChI=1S/C15H15N.C2H6/c1-12(11-16)14-8-5-9-15(10-14)13-6-3-2-4-7-13;1-2/h2-4,6-7,10H,5,8-9H2,1H3;1-2H3/b14-12-;. The van der Waals surface area contributed by atoms with E-state index in [1.165, 1.54) is 16.7 Å². The first kappa shape index (κ1) is 14.3. The molecule has 1 aliphatic carbocycles. The van der Waals surface area contributed by atoms with Crippen molar-refractivity contribution in [3.05, 3.63) is 53.1 Å². The van der Waals surface area contributed by atoms with Crippen molar-refractivity contribution in [2.45, 2.75) is 40.0 Å². The topological polar surface area (TPSA) is 23.8 Å². The van der Waals surface area contributed by atoms with E-state index < -0.39 is 0 Å². The van der Waals surface area contributed by atoms with E-state index in [-0.39, 0.29) is 0 Å². The van der Waals surface area contributed by atoms with E-state index in [0.717, 1.165) is 24.8 Å². The summed E-state index contributed by atoms with van der Waals surface area (Å²) in [6, 6.07) is 12.7. The van der Waals surface area contributed by atoms with Gasteiger partial charge in [-0.15, -0.1) is 0 Å². The van der Waals surface area contributed by atoms with E-state index >= 15 is 0 Å². The monoisotopic (exact) mass is 239 g/mol. The zero-order valence-electron chi connectivity index (χ0n) is 11.5. The molecule has 0 fully saturated rings. The SMILES string of the molecule is C/C(C#N)=C1/C=C(c2ccccc2)CCC1.CC. The summed E-state index contributed by atoms with van der Waals surface area (Å²) in [4.78, 5) is 0. The highest BCUT2D eigenvalue weighted by Gasteiger charge is 2.10. The van der Waals surface area contributed by atoms with Crippen molar-refractivity contribution in [2.75, 3.05) is 0 Å². The van der Waals surface area contributed by atoms with Crippen molar-refractivity contribution >= 4 is 5.57 Å². The van der Waals surface area contributed by atoms with Gasteiger partial charge < -0.3 is 0 Å². The summed E-state index contributed by atoms with van der Waals surface area (Å²) in [5.41, 5.74) is 4.70. The van der Waals surface area contributed by atoms with Crippen LogP contribution in [0.4, 0.5) is 0 Å². The lowest BCUT2D eigenvalue weighted by Gasteiger charge is -2.16. The molecule has 0 unspecified atom stereocenters. The lowest BCUT2D eigenvalue weighted by molar-refractivity contribution is 0.829. The first-order valence-corrected chi connectivity index (χ1v) is 6.67. The predicted octanol–water partition coefficient (Wildman–Crippen LogP) is 5.12. The molecule has 0 spiro atoms. The van der Waals surface area contributed by atoms with Gasteiger partial charge in [0.25, 0.3) is 0 Å². The third kappa shape index (κ3) is 3.60. The summed E-state index contributed by atoms with van der Waals surface area (Å²) in [5.74, 6) is 0. The molecule has 0 radical (unpaired) electrons. The third-order valence-corrected chi connectivity index (χ3v) is 3.03. The smallest absolute Gasteiger partial charge is 0.0946 e. The van der Waals surface area contributed by atoms with Gasteiger partial charge in [0.1, 0.15) is 0 Å². The predicted molar refractivity (Wildman–Crippen MR) is 77.9 cm³/mol. The highest BCUT2D eigenvalue weighted by atomic mass is 14.2. The molecule has 2 rings (SSSR count). The second kappa shape index (κ2) is 7.50. The van der Waals surface area contributed by atoms with Gasteiger partial charge in [-0.25, -0.2) is 0 Å². The Hall–Kier alpha value is -1.81. The van der Waals surface area contributed by atoms with Crippen LogP contribution in [0.15, 0.2) is 47.6 Å². The second-order valence-corrected chi connectivity index (χ2v) is 4.15. The normalized spacial score (nSPS) is 16.9. The van der Waals surface area contributed by atoms with Crippen LogP contribution in [-0.4, -0.2) is 0 Å². The average molecular weight is 239 g/mol. The zero-order chi connectivity index (χ0) is 13.4. The molecule has 94 valence electrons. The van der Waals surface area contributed by atoms with Gasteiger partial charge in [0.05, 0.1) is 6.07 Å². The van der Waals surface area contributed by atoms with E-state index in [1.54, 1.807) is 0 Å². The minimum absolute atomic E-state index is 0.855. The molecule has 1 heteroatoms. The van der Waals surface area contributed by atoms with Crippen LogP contribution in [0.5, 0.6) is 0 Å². The largest absolute Gasteiger partial charge is 0.193 e. The van der Waals surface area contributed by atoms with Crippen LogP contribution >= 0.6 is 0 Å². The Morgan fingerprint density at radius 3 is 2.39 bits per heavy atom. The van der Waals surface area contributed by atoms with Crippen molar-refractivity contribution in [3.63, 3.8) is 0 Å². The molecule has 1 aliphatic rings.